The number of hydrogen-bond acceptors (Lipinski definition) is 3. The van der Waals surface area contributed by atoms with Gasteiger partial charge in [-0.25, -0.2) is 12.8 Å². The summed E-state index contributed by atoms with van der Waals surface area (Å²) >= 11 is 0. The molecular formula is C18H21FN2O3S. The molecule has 7 heteroatoms. The average molecular weight is 364 g/mol. The summed E-state index contributed by atoms with van der Waals surface area (Å²) in [5.41, 5.74) is 1.98. The summed E-state index contributed by atoms with van der Waals surface area (Å²) in [4.78, 5) is 12.1. The number of carbonyl (C=O) groups excluding carboxylic acids is 1. The molecule has 1 N–H and O–H groups in total. The first-order valence-electron chi connectivity index (χ1n) is 7.84. The molecule has 0 heterocycles. The van der Waals surface area contributed by atoms with Gasteiger partial charge < -0.3 is 5.32 Å². The minimum absolute atomic E-state index is 0.215. The standard InChI is InChI=1S/C18H21FN2O3S/c1-21(25(2,23)24)17-11-7-15(8-12-17)18(22)20-13-3-4-14-5-9-16(19)10-6-14/h5-12H,3-4,13H2,1-2H3,(H,20,22). The molecule has 1 amide bonds. The van der Waals surface area contributed by atoms with E-state index in [2.05, 4.69) is 5.32 Å². The van der Waals surface area contributed by atoms with E-state index in [4.69, 9.17) is 0 Å². The summed E-state index contributed by atoms with van der Waals surface area (Å²) in [6.07, 6.45) is 2.61. The lowest BCUT2D eigenvalue weighted by Gasteiger charge is -2.16. The Hall–Kier alpha value is -2.41. The molecule has 5 nitrogen and oxygen atoms in total. The van der Waals surface area contributed by atoms with Gasteiger partial charge in [-0.2, -0.15) is 0 Å². The second-order valence-corrected chi connectivity index (χ2v) is 7.78. The average Bonchev–Trinajstić information content (AvgIpc) is 2.58. The lowest BCUT2D eigenvalue weighted by atomic mass is 10.1. The van der Waals surface area contributed by atoms with E-state index in [9.17, 15) is 17.6 Å². The molecule has 0 spiro atoms. The van der Waals surface area contributed by atoms with Gasteiger partial charge in [-0.15, -0.1) is 0 Å². The van der Waals surface area contributed by atoms with Crippen LogP contribution in [0.3, 0.4) is 0 Å². The van der Waals surface area contributed by atoms with E-state index in [-0.39, 0.29) is 11.7 Å². The zero-order valence-electron chi connectivity index (χ0n) is 14.2. The Kier molecular flexibility index (Phi) is 6.14. The smallest absolute Gasteiger partial charge is 0.251 e. The van der Waals surface area contributed by atoms with Gasteiger partial charge in [0.1, 0.15) is 5.82 Å². The summed E-state index contributed by atoms with van der Waals surface area (Å²) in [6, 6.07) is 12.7. The van der Waals surface area contributed by atoms with Crippen molar-refractivity contribution in [3.8, 4) is 0 Å². The van der Waals surface area contributed by atoms with Crippen LogP contribution in [-0.4, -0.2) is 34.2 Å². The van der Waals surface area contributed by atoms with Gasteiger partial charge >= 0.3 is 0 Å². The molecule has 25 heavy (non-hydrogen) atoms. The molecule has 0 aliphatic rings. The molecule has 0 unspecified atom stereocenters. The number of nitrogens with zero attached hydrogens (tertiary/aromatic N) is 1. The van der Waals surface area contributed by atoms with Crippen LogP contribution in [0.1, 0.15) is 22.3 Å². The maximum atomic E-state index is 12.8. The fourth-order valence-corrected chi connectivity index (χ4v) is 2.77. The van der Waals surface area contributed by atoms with Crippen molar-refractivity contribution in [3.63, 3.8) is 0 Å². The first-order chi connectivity index (χ1) is 11.8. The molecule has 0 aromatic heterocycles. The number of aryl methyl sites for hydroxylation is 1. The van der Waals surface area contributed by atoms with Gasteiger partial charge in [0.2, 0.25) is 10.0 Å². The number of halogens is 1. The van der Waals surface area contributed by atoms with Crippen molar-refractivity contribution in [2.24, 2.45) is 0 Å². The molecule has 0 bridgehead atoms. The molecule has 0 fully saturated rings. The lowest BCUT2D eigenvalue weighted by Crippen LogP contribution is -2.26. The SMILES string of the molecule is CN(c1ccc(C(=O)NCCCc2ccc(F)cc2)cc1)S(C)(=O)=O. The van der Waals surface area contributed by atoms with Crippen molar-refractivity contribution in [2.75, 3.05) is 24.2 Å². The first kappa shape index (κ1) is 18.9. The van der Waals surface area contributed by atoms with Crippen molar-refractivity contribution < 1.29 is 17.6 Å². The molecule has 2 rings (SSSR count). The van der Waals surface area contributed by atoms with E-state index in [0.29, 0.717) is 17.8 Å². The second-order valence-electron chi connectivity index (χ2n) is 5.76. The van der Waals surface area contributed by atoms with E-state index in [1.807, 2.05) is 0 Å². The maximum absolute atomic E-state index is 12.8. The summed E-state index contributed by atoms with van der Waals surface area (Å²) in [6.45, 7) is 0.501. The molecule has 0 aliphatic heterocycles. The third-order valence-corrected chi connectivity index (χ3v) is 5.04. The summed E-state index contributed by atoms with van der Waals surface area (Å²) in [5.74, 6) is -0.477. The predicted molar refractivity (Wildman–Crippen MR) is 96.7 cm³/mol. The zero-order valence-corrected chi connectivity index (χ0v) is 15.0. The predicted octanol–water partition coefficient (Wildman–Crippen LogP) is 2.58. The minimum atomic E-state index is -3.33. The van der Waals surface area contributed by atoms with Gasteiger partial charge in [0, 0.05) is 19.2 Å². The highest BCUT2D eigenvalue weighted by molar-refractivity contribution is 7.92. The Morgan fingerprint density at radius 2 is 1.68 bits per heavy atom. The zero-order chi connectivity index (χ0) is 18.4. The highest BCUT2D eigenvalue weighted by atomic mass is 32.2. The van der Waals surface area contributed by atoms with E-state index >= 15 is 0 Å². The van der Waals surface area contributed by atoms with E-state index in [0.717, 1.165) is 29.0 Å². The monoisotopic (exact) mass is 364 g/mol. The second kappa shape index (κ2) is 8.11. The number of anilines is 1. The Balaban J connectivity index is 1.83. The quantitative estimate of drug-likeness (QED) is 0.768. The van der Waals surface area contributed by atoms with Crippen LogP contribution in [0, 0.1) is 5.82 Å². The van der Waals surface area contributed by atoms with Gasteiger partial charge in [-0.1, -0.05) is 12.1 Å². The van der Waals surface area contributed by atoms with Crippen LogP contribution in [-0.2, 0) is 16.4 Å². The van der Waals surface area contributed by atoms with Gasteiger partial charge in [-0.3, -0.25) is 9.10 Å². The van der Waals surface area contributed by atoms with Crippen LogP contribution in [0.5, 0.6) is 0 Å². The van der Waals surface area contributed by atoms with Crippen molar-refractivity contribution in [1.29, 1.82) is 0 Å². The van der Waals surface area contributed by atoms with E-state index < -0.39 is 10.0 Å². The number of carbonyl (C=O) groups is 1. The van der Waals surface area contributed by atoms with E-state index in [1.54, 1.807) is 36.4 Å². The number of nitrogens with one attached hydrogen (secondary N) is 1. The highest BCUT2D eigenvalue weighted by Crippen LogP contribution is 2.16. The van der Waals surface area contributed by atoms with Crippen molar-refractivity contribution in [3.05, 3.63) is 65.5 Å². The van der Waals surface area contributed by atoms with E-state index in [1.165, 1.54) is 19.2 Å². The van der Waals surface area contributed by atoms with Crippen molar-refractivity contribution in [2.45, 2.75) is 12.8 Å². The molecular weight excluding hydrogens is 343 g/mol. The summed E-state index contributed by atoms with van der Waals surface area (Å²) in [7, 11) is -1.87. The van der Waals surface area contributed by atoms with Crippen molar-refractivity contribution in [1.82, 2.24) is 5.32 Å². The van der Waals surface area contributed by atoms with Crippen LogP contribution in [0.2, 0.25) is 0 Å². The van der Waals surface area contributed by atoms with Crippen LogP contribution >= 0.6 is 0 Å². The molecule has 0 radical (unpaired) electrons. The number of hydrogen-bond donors (Lipinski definition) is 1. The first-order valence-corrected chi connectivity index (χ1v) is 9.69. The van der Waals surface area contributed by atoms with Crippen LogP contribution in [0.15, 0.2) is 48.5 Å². The summed E-state index contributed by atoms with van der Waals surface area (Å²) < 4.78 is 36.9. The topological polar surface area (TPSA) is 66.5 Å². The van der Waals surface area contributed by atoms with Gasteiger partial charge in [0.25, 0.3) is 5.91 Å². The largest absolute Gasteiger partial charge is 0.352 e. The molecule has 0 saturated carbocycles. The Morgan fingerprint density at radius 3 is 2.24 bits per heavy atom. The molecule has 0 saturated heterocycles. The lowest BCUT2D eigenvalue weighted by molar-refractivity contribution is 0.0953. The molecule has 134 valence electrons. The minimum Gasteiger partial charge on any atom is -0.352 e. The van der Waals surface area contributed by atoms with Crippen LogP contribution in [0.25, 0.3) is 0 Å². The van der Waals surface area contributed by atoms with Crippen molar-refractivity contribution >= 4 is 21.6 Å². The fraction of sp³-hybridized carbons (Fsp3) is 0.278. The van der Waals surface area contributed by atoms with Gasteiger partial charge in [0.05, 0.1) is 11.9 Å². The molecule has 2 aromatic rings. The maximum Gasteiger partial charge on any atom is 0.251 e. The Morgan fingerprint density at radius 1 is 1.08 bits per heavy atom. The number of rotatable bonds is 7. The van der Waals surface area contributed by atoms with Crippen LogP contribution in [0.4, 0.5) is 10.1 Å². The number of sulfonamides is 1. The Labute approximate surface area is 147 Å². The van der Waals surface area contributed by atoms with Gasteiger partial charge in [-0.05, 0) is 54.8 Å². The number of benzene rings is 2. The normalized spacial score (nSPS) is 11.2. The summed E-state index contributed by atoms with van der Waals surface area (Å²) in [5, 5.41) is 2.81. The highest BCUT2D eigenvalue weighted by Gasteiger charge is 2.12. The fourth-order valence-electron chi connectivity index (χ4n) is 2.26. The molecule has 0 aliphatic carbocycles. The third kappa shape index (κ3) is 5.56. The molecule has 2 aromatic carbocycles. The van der Waals surface area contributed by atoms with Gasteiger partial charge in [0.15, 0.2) is 0 Å². The Bertz CT molecular complexity index is 818. The number of amides is 1. The third-order valence-electron chi connectivity index (χ3n) is 3.83. The van der Waals surface area contributed by atoms with Crippen LogP contribution < -0.4 is 9.62 Å². The molecule has 0 atom stereocenters.